The number of nitrogens with zero attached hydrogens (tertiary/aromatic N) is 3. The van der Waals surface area contributed by atoms with E-state index in [0.717, 1.165) is 44.0 Å². The summed E-state index contributed by atoms with van der Waals surface area (Å²) in [5.41, 5.74) is 3.06. The zero-order chi connectivity index (χ0) is 14.7. The van der Waals surface area contributed by atoms with Crippen LogP contribution in [0.5, 0.6) is 0 Å². The van der Waals surface area contributed by atoms with Crippen LogP contribution in [-0.4, -0.2) is 49.3 Å². The fourth-order valence-corrected chi connectivity index (χ4v) is 3.05. The number of anilines is 1. The van der Waals surface area contributed by atoms with E-state index in [1.807, 2.05) is 6.07 Å². The quantitative estimate of drug-likeness (QED) is 0.914. The topological polar surface area (TPSA) is 61.2 Å². The zero-order valence-electron chi connectivity index (χ0n) is 12.6. The van der Waals surface area contributed by atoms with E-state index in [9.17, 15) is 5.26 Å². The van der Waals surface area contributed by atoms with Crippen molar-refractivity contribution in [3.05, 3.63) is 22.9 Å². The van der Waals surface area contributed by atoms with E-state index in [1.165, 1.54) is 18.4 Å². The van der Waals surface area contributed by atoms with Crippen molar-refractivity contribution >= 4 is 5.82 Å². The maximum Gasteiger partial charge on any atom is 0.144 e. The molecule has 5 nitrogen and oxygen atoms in total. The maximum atomic E-state index is 9.33. The summed E-state index contributed by atoms with van der Waals surface area (Å²) in [5, 5.41) is 12.6. The smallest absolute Gasteiger partial charge is 0.144 e. The van der Waals surface area contributed by atoms with Gasteiger partial charge >= 0.3 is 0 Å². The highest BCUT2D eigenvalue weighted by Gasteiger charge is 2.19. The summed E-state index contributed by atoms with van der Waals surface area (Å²) in [6.07, 6.45) is 4.64. The Morgan fingerprint density at radius 1 is 1.48 bits per heavy atom. The van der Waals surface area contributed by atoms with Gasteiger partial charge in [0, 0.05) is 25.3 Å². The summed E-state index contributed by atoms with van der Waals surface area (Å²) < 4.78 is 5.74. The Kier molecular flexibility index (Phi) is 4.37. The Bertz CT molecular complexity index is 552. The Morgan fingerprint density at radius 2 is 2.33 bits per heavy atom. The van der Waals surface area contributed by atoms with E-state index in [-0.39, 0.29) is 6.10 Å². The molecule has 1 N–H and O–H groups in total. The first-order chi connectivity index (χ1) is 10.3. The Labute approximate surface area is 125 Å². The molecule has 1 aliphatic heterocycles. The van der Waals surface area contributed by atoms with Crippen LogP contribution in [0.3, 0.4) is 0 Å². The number of fused-ring (bicyclic) bond motifs is 1. The molecule has 0 aromatic carbocycles. The average molecular weight is 286 g/mol. The molecule has 0 spiro atoms. The predicted molar refractivity (Wildman–Crippen MR) is 81.3 cm³/mol. The molecule has 0 saturated carbocycles. The molecule has 1 aromatic rings. The van der Waals surface area contributed by atoms with Gasteiger partial charge in [-0.2, -0.15) is 5.26 Å². The summed E-state index contributed by atoms with van der Waals surface area (Å²) in [7, 11) is 2.10. The van der Waals surface area contributed by atoms with Crippen LogP contribution in [0.2, 0.25) is 0 Å². The van der Waals surface area contributed by atoms with Crippen LogP contribution in [0.15, 0.2) is 6.07 Å². The van der Waals surface area contributed by atoms with Crippen LogP contribution < -0.4 is 5.32 Å². The van der Waals surface area contributed by atoms with Gasteiger partial charge in [0.25, 0.3) is 0 Å². The van der Waals surface area contributed by atoms with Crippen molar-refractivity contribution in [2.24, 2.45) is 0 Å². The number of rotatable bonds is 3. The van der Waals surface area contributed by atoms with Crippen molar-refractivity contribution in [1.29, 1.82) is 5.26 Å². The van der Waals surface area contributed by atoms with Crippen molar-refractivity contribution < 1.29 is 4.74 Å². The van der Waals surface area contributed by atoms with Gasteiger partial charge in [0.15, 0.2) is 0 Å². The van der Waals surface area contributed by atoms with Crippen molar-refractivity contribution in [2.45, 2.75) is 31.8 Å². The molecule has 5 heteroatoms. The van der Waals surface area contributed by atoms with E-state index in [2.05, 4.69) is 28.3 Å². The zero-order valence-corrected chi connectivity index (χ0v) is 12.6. The third-order valence-corrected chi connectivity index (χ3v) is 4.26. The van der Waals surface area contributed by atoms with Crippen molar-refractivity contribution in [1.82, 2.24) is 9.88 Å². The Morgan fingerprint density at radius 3 is 3.14 bits per heavy atom. The van der Waals surface area contributed by atoms with Crippen LogP contribution in [-0.2, 0) is 17.6 Å². The third kappa shape index (κ3) is 3.34. The summed E-state index contributed by atoms with van der Waals surface area (Å²) in [6.45, 7) is 3.37. The molecule has 1 atom stereocenters. The highest BCUT2D eigenvalue weighted by molar-refractivity contribution is 5.54. The summed E-state index contributed by atoms with van der Waals surface area (Å²) in [4.78, 5) is 6.95. The lowest BCUT2D eigenvalue weighted by Crippen LogP contribution is -2.43. The molecule has 3 rings (SSSR count). The molecule has 112 valence electrons. The summed E-state index contributed by atoms with van der Waals surface area (Å²) in [5.74, 6) is 0.718. The SMILES string of the molecule is CN1CCOC(CNc2nc3c(cc2C#N)CCCC3)C1. The number of ether oxygens (including phenoxy) is 1. The second-order valence-corrected chi connectivity index (χ2v) is 5.95. The second kappa shape index (κ2) is 6.42. The van der Waals surface area contributed by atoms with Crippen LogP contribution in [0.25, 0.3) is 0 Å². The van der Waals surface area contributed by atoms with Crippen LogP contribution in [0.4, 0.5) is 5.82 Å². The summed E-state index contributed by atoms with van der Waals surface area (Å²) in [6, 6.07) is 4.28. The number of hydrogen-bond acceptors (Lipinski definition) is 5. The molecular weight excluding hydrogens is 264 g/mol. The first kappa shape index (κ1) is 14.3. The molecule has 2 aliphatic rings. The number of aromatic nitrogens is 1. The molecular formula is C16H22N4O. The van der Waals surface area contributed by atoms with E-state index >= 15 is 0 Å². The minimum absolute atomic E-state index is 0.160. The number of morpholine rings is 1. The van der Waals surface area contributed by atoms with Gasteiger partial charge in [0.1, 0.15) is 11.9 Å². The number of pyridine rings is 1. The molecule has 1 fully saturated rings. The third-order valence-electron chi connectivity index (χ3n) is 4.26. The predicted octanol–water partition coefficient (Wildman–Crippen LogP) is 1.57. The van der Waals surface area contributed by atoms with Gasteiger partial charge in [-0.05, 0) is 44.4 Å². The van der Waals surface area contributed by atoms with Crippen LogP contribution >= 0.6 is 0 Å². The minimum atomic E-state index is 0.160. The summed E-state index contributed by atoms with van der Waals surface area (Å²) >= 11 is 0. The van der Waals surface area contributed by atoms with Gasteiger partial charge in [-0.25, -0.2) is 4.98 Å². The fraction of sp³-hybridized carbons (Fsp3) is 0.625. The van der Waals surface area contributed by atoms with Crippen LogP contribution in [0.1, 0.15) is 29.7 Å². The number of likely N-dealkylation sites (N-methyl/N-ethyl adjacent to an activating group) is 1. The molecule has 1 unspecified atom stereocenters. The molecule has 2 heterocycles. The molecule has 21 heavy (non-hydrogen) atoms. The van der Waals surface area contributed by atoms with E-state index < -0.39 is 0 Å². The number of nitriles is 1. The lowest BCUT2D eigenvalue weighted by Gasteiger charge is -2.30. The monoisotopic (exact) mass is 286 g/mol. The second-order valence-electron chi connectivity index (χ2n) is 5.95. The Balaban J connectivity index is 1.71. The van der Waals surface area contributed by atoms with Gasteiger partial charge in [0.2, 0.25) is 0 Å². The molecule has 1 saturated heterocycles. The van der Waals surface area contributed by atoms with Gasteiger partial charge in [-0.1, -0.05) is 0 Å². The molecule has 1 aromatic heterocycles. The van der Waals surface area contributed by atoms with Gasteiger partial charge in [-0.3, -0.25) is 0 Å². The van der Waals surface area contributed by atoms with Crippen molar-refractivity contribution in [3.8, 4) is 6.07 Å². The van der Waals surface area contributed by atoms with E-state index in [0.29, 0.717) is 12.1 Å². The Hall–Kier alpha value is -1.64. The first-order valence-electron chi connectivity index (χ1n) is 7.73. The number of hydrogen-bond donors (Lipinski definition) is 1. The molecule has 0 bridgehead atoms. The highest BCUT2D eigenvalue weighted by atomic mass is 16.5. The van der Waals surface area contributed by atoms with Gasteiger partial charge in [-0.15, -0.1) is 0 Å². The highest BCUT2D eigenvalue weighted by Crippen LogP contribution is 2.24. The largest absolute Gasteiger partial charge is 0.374 e. The number of aryl methyl sites for hydroxylation is 2. The van der Waals surface area contributed by atoms with Gasteiger partial charge in [0.05, 0.1) is 18.3 Å². The maximum absolute atomic E-state index is 9.33. The fourth-order valence-electron chi connectivity index (χ4n) is 3.05. The normalized spacial score (nSPS) is 22.4. The standard InChI is InChI=1S/C16H22N4O/c1-20-6-7-21-14(11-20)10-18-16-13(9-17)8-12-4-2-3-5-15(12)19-16/h8,14H,2-7,10-11H2,1H3,(H,18,19). The minimum Gasteiger partial charge on any atom is -0.374 e. The average Bonchev–Trinajstić information content (AvgIpc) is 2.52. The molecule has 1 aliphatic carbocycles. The molecule has 0 radical (unpaired) electrons. The van der Waals surface area contributed by atoms with Crippen molar-refractivity contribution in [3.63, 3.8) is 0 Å². The lowest BCUT2D eigenvalue weighted by molar-refractivity contribution is -0.0117. The number of nitrogens with one attached hydrogen (secondary N) is 1. The molecule has 0 amide bonds. The van der Waals surface area contributed by atoms with Crippen LogP contribution in [0, 0.1) is 11.3 Å². The van der Waals surface area contributed by atoms with Gasteiger partial charge < -0.3 is 15.0 Å². The van der Waals surface area contributed by atoms with E-state index in [4.69, 9.17) is 4.74 Å². The first-order valence-corrected chi connectivity index (χ1v) is 7.73. The van der Waals surface area contributed by atoms with Crippen molar-refractivity contribution in [2.75, 3.05) is 38.6 Å². The lowest BCUT2D eigenvalue weighted by atomic mass is 9.95. The van der Waals surface area contributed by atoms with E-state index in [1.54, 1.807) is 0 Å².